The molecule has 19 heavy (non-hydrogen) atoms. The van der Waals surface area contributed by atoms with E-state index in [-0.39, 0.29) is 6.42 Å². The Balaban J connectivity index is 1.93. The summed E-state index contributed by atoms with van der Waals surface area (Å²) >= 11 is 0. The smallest absolute Gasteiger partial charge is 0.306 e. The number of hydrogen-bond acceptors (Lipinski definition) is 6. The normalized spacial score (nSPS) is 17.1. The molecule has 0 aromatic carbocycles. The molecule has 0 atom stereocenters. The van der Waals surface area contributed by atoms with Gasteiger partial charge in [-0.15, -0.1) is 0 Å². The second-order valence-electron chi connectivity index (χ2n) is 4.42. The Morgan fingerprint density at radius 2 is 1.68 bits per heavy atom. The molecule has 0 aliphatic carbocycles. The van der Waals surface area contributed by atoms with Crippen LogP contribution >= 0.6 is 0 Å². The Labute approximate surface area is 113 Å². The molecule has 0 aromatic heterocycles. The zero-order valence-electron chi connectivity index (χ0n) is 11.4. The highest BCUT2D eigenvalue weighted by atomic mass is 16.6. The molecule has 1 saturated heterocycles. The first-order valence-corrected chi connectivity index (χ1v) is 6.39. The van der Waals surface area contributed by atoms with Crippen molar-refractivity contribution in [3.63, 3.8) is 0 Å². The number of aliphatic carboxylic acids is 1. The molecule has 2 N–H and O–H groups in total. The molecule has 0 spiro atoms. The van der Waals surface area contributed by atoms with Crippen molar-refractivity contribution in [2.24, 2.45) is 0 Å². The first-order chi connectivity index (χ1) is 9.18. The number of carbonyl (C=O) groups is 1. The summed E-state index contributed by atoms with van der Waals surface area (Å²) in [7, 11) is 1.62. The molecule has 7 heteroatoms. The van der Waals surface area contributed by atoms with Gasteiger partial charge < -0.3 is 29.4 Å². The molecule has 1 aliphatic rings. The lowest BCUT2D eigenvalue weighted by Gasteiger charge is -2.41. The third kappa shape index (κ3) is 6.84. The average Bonchev–Trinajstić information content (AvgIpc) is 2.33. The molecule has 0 unspecified atom stereocenters. The van der Waals surface area contributed by atoms with Gasteiger partial charge in [0, 0.05) is 20.2 Å². The van der Waals surface area contributed by atoms with Gasteiger partial charge in [-0.2, -0.15) is 0 Å². The molecule has 1 fully saturated rings. The van der Waals surface area contributed by atoms with E-state index in [9.17, 15) is 4.79 Å². The average molecular weight is 277 g/mol. The van der Waals surface area contributed by atoms with Crippen LogP contribution < -0.4 is 5.32 Å². The Morgan fingerprint density at radius 1 is 1.11 bits per heavy atom. The Bertz CT molecular complexity index is 257. The van der Waals surface area contributed by atoms with Crippen LogP contribution in [-0.2, 0) is 23.7 Å². The van der Waals surface area contributed by atoms with Crippen LogP contribution in [0.3, 0.4) is 0 Å². The summed E-state index contributed by atoms with van der Waals surface area (Å²) in [5.41, 5.74) is -0.551. The molecule has 112 valence electrons. The number of ether oxygens (including phenoxy) is 4. The van der Waals surface area contributed by atoms with Gasteiger partial charge in [0.25, 0.3) is 0 Å². The lowest BCUT2D eigenvalue weighted by molar-refractivity contribution is -0.152. The van der Waals surface area contributed by atoms with E-state index in [0.717, 1.165) is 0 Å². The standard InChI is InChI=1S/C12H23NO6/c1-16-2-3-17-4-5-18-6-7-19-12(8-11(14)15)9-13-10-12/h13H,2-10H2,1H3,(H,14,15). The van der Waals surface area contributed by atoms with Crippen LogP contribution in [0.5, 0.6) is 0 Å². The third-order valence-electron chi connectivity index (χ3n) is 2.81. The highest BCUT2D eigenvalue weighted by molar-refractivity contribution is 5.68. The first kappa shape index (κ1) is 16.3. The fourth-order valence-electron chi connectivity index (χ4n) is 1.74. The van der Waals surface area contributed by atoms with Crippen molar-refractivity contribution >= 4 is 5.97 Å². The van der Waals surface area contributed by atoms with E-state index in [4.69, 9.17) is 24.1 Å². The number of nitrogens with one attached hydrogen (secondary N) is 1. The van der Waals surface area contributed by atoms with E-state index < -0.39 is 11.6 Å². The summed E-state index contributed by atoms with van der Waals surface area (Å²) < 4.78 is 21.0. The molecule has 1 aliphatic heterocycles. The van der Waals surface area contributed by atoms with Gasteiger partial charge in [-0.05, 0) is 0 Å². The van der Waals surface area contributed by atoms with Gasteiger partial charge in [0.15, 0.2) is 0 Å². The van der Waals surface area contributed by atoms with Gasteiger partial charge in [0.2, 0.25) is 0 Å². The Morgan fingerprint density at radius 3 is 2.16 bits per heavy atom. The number of hydrogen-bond donors (Lipinski definition) is 2. The van der Waals surface area contributed by atoms with Crippen molar-refractivity contribution in [1.82, 2.24) is 5.32 Å². The summed E-state index contributed by atoms with van der Waals surface area (Å²) in [5, 5.41) is 11.8. The third-order valence-corrected chi connectivity index (χ3v) is 2.81. The van der Waals surface area contributed by atoms with Gasteiger partial charge in [0.1, 0.15) is 5.60 Å². The van der Waals surface area contributed by atoms with E-state index in [1.165, 1.54) is 0 Å². The topological polar surface area (TPSA) is 86.2 Å². The van der Waals surface area contributed by atoms with Gasteiger partial charge in [0.05, 0.1) is 46.1 Å². The second kappa shape index (κ2) is 9.22. The minimum Gasteiger partial charge on any atom is -0.481 e. The minimum atomic E-state index is -0.839. The zero-order chi connectivity index (χ0) is 14.0. The predicted molar refractivity (Wildman–Crippen MR) is 67.3 cm³/mol. The molecule has 0 amide bonds. The molecule has 1 rings (SSSR count). The summed E-state index contributed by atoms with van der Waals surface area (Å²) in [4.78, 5) is 10.7. The van der Waals surface area contributed by atoms with Crippen molar-refractivity contribution in [3.8, 4) is 0 Å². The van der Waals surface area contributed by atoms with Crippen LogP contribution in [0.15, 0.2) is 0 Å². The van der Waals surface area contributed by atoms with Crippen molar-refractivity contribution < 1.29 is 28.8 Å². The van der Waals surface area contributed by atoms with Gasteiger partial charge >= 0.3 is 5.97 Å². The number of methoxy groups -OCH3 is 1. The van der Waals surface area contributed by atoms with Crippen LogP contribution in [0.4, 0.5) is 0 Å². The molecule has 0 aromatic rings. The number of rotatable bonds is 12. The summed E-state index contributed by atoms with van der Waals surface area (Å²) in [6, 6.07) is 0. The molecule has 7 nitrogen and oxygen atoms in total. The fraction of sp³-hybridized carbons (Fsp3) is 0.917. The Hall–Kier alpha value is -0.730. The second-order valence-corrected chi connectivity index (χ2v) is 4.42. The SMILES string of the molecule is COCCOCCOCCOC1(CC(=O)O)CNC1. The number of carboxylic acids is 1. The monoisotopic (exact) mass is 277 g/mol. The van der Waals surface area contributed by atoms with Crippen LogP contribution in [0.25, 0.3) is 0 Å². The maximum atomic E-state index is 10.7. The summed E-state index contributed by atoms with van der Waals surface area (Å²) in [6.07, 6.45) is 0.0279. The van der Waals surface area contributed by atoms with Crippen LogP contribution in [-0.4, -0.2) is 76.5 Å². The van der Waals surface area contributed by atoms with Gasteiger partial charge in [-0.3, -0.25) is 4.79 Å². The minimum absolute atomic E-state index is 0.0279. The lowest BCUT2D eigenvalue weighted by Crippen LogP contribution is -2.62. The zero-order valence-corrected chi connectivity index (χ0v) is 11.4. The van der Waals surface area contributed by atoms with Crippen molar-refractivity contribution in [1.29, 1.82) is 0 Å². The quantitative estimate of drug-likeness (QED) is 0.465. The van der Waals surface area contributed by atoms with Gasteiger partial charge in [-0.25, -0.2) is 0 Å². The largest absolute Gasteiger partial charge is 0.481 e. The molecular formula is C12H23NO6. The summed E-state index contributed by atoms with van der Waals surface area (Å²) in [5.74, 6) is -0.839. The van der Waals surface area contributed by atoms with Crippen LogP contribution in [0.2, 0.25) is 0 Å². The summed E-state index contributed by atoms with van der Waals surface area (Å²) in [6.45, 7) is 4.15. The highest BCUT2D eigenvalue weighted by Crippen LogP contribution is 2.20. The van der Waals surface area contributed by atoms with E-state index in [1.54, 1.807) is 7.11 Å². The molecule has 1 heterocycles. The van der Waals surface area contributed by atoms with Crippen LogP contribution in [0, 0.1) is 0 Å². The predicted octanol–water partition coefficient (Wildman–Crippen LogP) is -0.501. The fourth-order valence-corrected chi connectivity index (χ4v) is 1.74. The lowest BCUT2D eigenvalue weighted by atomic mass is 9.93. The number of carboxylic acid groups (broad SMARTS) is 1. The van der Waals surface area contributed by atoms with E-state index in [2.05, 4.69) is 5.32 Å². The molecule has 0 saturated carbocycles. The van der Waals surface area contributed by atoms with E-state index in [0.29, 0.717) is 52.7 Å². The van der Waals surface area contributed by atoms with E-state index in [1.807, 2.05) is 0 Å². The Kier molecular flexibility index (Phi) is 7.92. The van der Waals surface area contributed by atoms with Crippen LogP contribution in [0.1, 0.15) is 6.42 Å². The molecular weight excluding hydrogens is 254 g/mol. The maximum absolute atomic E-state index is 10.7. The van der Waals surface area contributed by atoms with E-state index >= 15 is 0 Å². The van der Waals surface area contributed by atoms with Crippen molar-refractivity contribution in [3.05, 3.63) is 0 Å². The van der Waals surface area contributed by atoms with Crippen molar-refractivity contribution in [2.45, 2.75) is 12.0 Å². The maximum Gasteiger partial charge on any atom is 0.306 e. The highest BCUT2D eigenvalue weighted by Gasteiger charge is 2.40. The van der Waals surface area contributed by atoms with Crippen molar-refractivity contribution in [2.75, 3.05) is 59.8 Å². The molecule has 0 radical (unpaired) electrons. The first-order valence-electron chi connectivity index (χ1n) is 6.39. The van der Waals surface area contributed by atoms with Gasteiger partial charge in [-0.1, -0.05) is 0 Å². The molecule has 0 bridgehead atoms.